The van der Waals surface area contributed by atoms with Crippen molar-refractivity contribution >= 4 is 23.5 Å². The highest BCUT2D eigenvalue weighted by Gasteiger charge is 2.17. The lowest BCUT2D eigenvalue weighted by Gasteiger charge is -2.21. The fraction of sp³-hybridized carbons (Fsp3) is 0.333. The van der Waals surface area contributed by atoms with Crippen molar-refractivity contribution in [3.63, 3.8) is 0 Å². The van der Waals surface area contributed by atoms with Crippen LogP contribution >= 0.6 is 11.6 Å². The molecule has 0 bridgehead atoms. The molecule has 1 atom stereocenters. The summed E-state index contributed by atoms with van der Waals surface area (Å²) >= 11 is 5.95. The first-order valence-electron chi connectivity index (χ1n) is 8.83. The van der Waals surface area contributed by atoms with Crippen LogP contribution in [0.15, 0.2) is 54.6 Å². The first kappa shape index (κ1) is 20.8. The molecule has 0 aliphatic heterocycles. The molecule has 5 nitrogen and oxygen atoms in total. The number of carbonyl (C=O) groups is 2. The molecule has 0 saturated carbocycles. The van der Waals surface area contributed by atoms with Gasteiger partial charge in [-0.1, -0.05) is 67.9 Å². The SMILES string of the molecule is CC(C)C[C@@H](NC(=O)COC(=O)COc1ccccc1Cl)c1ccccc1. The molecule has 2 aromatic carbocycles. The molecular weight excluding hydrogens is 366 g/mol. The van der Waals surface area contributed by atoms with Gasteiger partial charge in [-0.2, -0.15) is 0 Å². The van der Waals surface area contributed by atoms with Gasteiger partial charge in [0.05, 0.1) is 11.1 Å². The van der Waals surface area contributed by atoms with Crippen LogP contribution in [0.4, 0.5) is 0 Å². The third-order valence-electron chi connectivity index (χ3n) is 3.79. The number of ether oxygens (including phenoxy) is 2. The summed E-state index contributed by atoms with van der Waals surface area (Å²) in [5.74, 6) is -0.190. The quantitative estimate of drug-likeness (QED) is 0.654. The Labute approximate surface area is 164 Å². The summed E-state index contributed by atoms with van der Waals surface area (Å²) in [4.78, 5) is 24.0. The first-order valence-corrected chi connectivity index (χ1v) is 9.20. The molecule has 0 radical (unpaired) electrons. The number of para-hydroxylation sites is 1. The van der Waals surface area contributed by atoms with Crippen LogP contribution in [0.1, 0.15) is 31.9 Å². The van der Waals surface area contributed by atoms with Crippen molar-refractivity contribution in [3.05, 3.63) is 65.2 Å². The Bertz CT molecular complexity index is 749. The molecule has 0 aromatic heterocycles. The second-order valence-electron chi connectivity index (χ2n) is 6.54. The molecule has 0 spiro atoms. The van der Waals surface area contributed by atoms with Crippen molar-refractivity contribution < 1.29 is 19.1 Å². The topological polar surface area (TPSA) is 64.6 Å². The molecule has 2 aromatic rings. The Morgan fingerprint density at radius 2 is 1.67 bits per heavy atom. The van der Waals surface area contributed by atoms with Crippen LogP contribution in [0.3, 0.4) is 0 Å². The van der Waals surface area contributed by atoms with Crippen molar-refractivity contribution in [1.29, 1.82) is 0 Å². The molecule has 0 saturated heterocycles. The van der Waals surface area contributed by atoms with Gasteiger partial charge in [-0.05, 0) is 30.0 Å². The Hall–Kier alpha value is -2.53. The van der Waals surface area contributed by atoms with E-state index in [0.717, 1.165) is 12.0 Å². The minimum Gasteiger partial charge on any atom is -0.480 e. The lowest BCUT2D eigenvalue weighted by molar-refractivity contribution is -0.150. The summed E-state index contributed by atoms with van der Waals surface area (Å²) in [6.45, 7) is 3.51. The maximum Gasteiger partial charge on any atom is 0.344 e. The second-order valence-corrected chi connectivity index (χ2v) is 6.95. The summed E-state index contributed by atoms with van der Waals surface area (Å²) in [7, 11) is 0. The highest BCUT2D eigenvalue weighted by atomic mass is 35.5. The smallest absolute Gasteiger partial charge is 0.344 e. The van der Waals surface area contributed by atoms with Gasteiger partial charge in [0, 0.05) is 0 Å². The molecule has 144 valence electrons. The number of halogens is 1. The molecule has 2 rings (SSSR count). The fourth-order valence-corrected chi connectivity index (χ4v) is 2.75. The molecule has 0 unspecified atom stereocenters. The summed E-state index contributed by atoms with van der Waals surface area (Å²) < 4.78 is 10.3. The minimum atomic E-state index is -0.634. The van der Waals surface area contributed by atoms with E-state index in [2.05, 4.69) is 19.2 Å². The van der Waals surface area contributed by atoms with Gasteiger partial charge in [0.1, 0.15) is 5.75 Å². The summed E-state index contributed by atoms with van der Waals surface area (Å²) in [6.07, 6.45) is 0.791. The van der Waals surface area contributed by atoms with Crippen LogP contribution in [0, 0.1) is 5.92 Å². The van der Waals surface area contributed by atoms with E-state index in [1.165, 1.54) is 0 Å². The number of benzene rings is 2. The summed E-state index contributed by atoms with van der Waals surface area (Å²) in [5.41, 5.74) is 1.02. The van der Waals surface area contributed by atoms with Crippen LogP contribution < -0.4 is 10.1 Å². The molecule has 1 amide bonds. The summed E-state index contributed by atoms with van der Waals surface area (Å²) in [6, 6.07) is 16.4. The van der Waals surface area contributed by atoms with Gasteiger partial charge >= 0.3 is 5.97 Å². The average molecular weight is 390 g/mol. The summed E-state index contributed by atoms with van der Waals surface area (Å²) in [5, 5.41) is 3.33. The third-order valence-corrected chi connectivity index (χ3v) is 4.10. The normalized spacial score (nSPS) is 11.7. The van der Waals surface area contributed by atoms with Crippen LogP contribution in [-0.2, 0) is 14.3 Å². The standard InChI is InChI=1S/C21H24ClNO4/c1-15(2)12-18(16-8-4-3-5-9-16)23-20(24)13-27-21(25)14-26-19-11-7-6-10-17(19)22/h3-11,15,18H,12-14H2,1-2H3,(H,23,24)/t18-/m1/s1. The zero-order valence-corrected chi connectivity index (χ0v) is 16.2. The highest BCUT2D eigenvalue weighted by Crippen LogP contribution is 2.23. The van der Waals surface area contributed by atoms with E-state index >= 15 is 0 Å². The van der Waals surface area contributed by atoms with Crippen molar-refractivity contribution in [2.24, 2.45) is 5.92 Å². The van der Waals surface area contributed by atoms with E-state index in [4.69, 9.17) is 21.1 Å². The van der Waals surface area contributed by atoms with Gasteiger partial charge < -0.3 is 14.8 Å². The van der Waals surface area contributed by atoms with E-state index < -0.39 is 5.97 Å². The Balaban J connectivity index is 1.81. The van der Waals surface area contributed by atoms with Crippen LogP contribution in [-0.4, -0.2) is 25.1 Å². The number of amides is 1. The van der Waals surface area contributed by atoms with Gasteiger partial charge in [0.2, 0.25) is 0 Å². The van der Waals surface area contributed by atoms with E-state index in [0.29, 0.717) is 16.7 Å². The maximum absolute atomic E-state index is 12.2. The van der Waals surface area contributed by atoms with Gasteiger partial charge in [-0.15, -0.1) is 0 Å². The van der Waals surface area contributed by atoms with E-state index in [-0.39, 0.29) is 25.2 Å². The van der Waals surface area contributed by atoms with Crippen molar-refractivity contribution in [2.45, 2.75) is 26.3 Å². The second kappa shape index (κ2) is 10.6. The van der Waals surface area contributed by atoms with Crippen molar-refractivity contribution in [3.8, 4) is 5.75 Å². The molecular formula is C21H24ClNO4. The lowest BCUT2D eigenvalue weighted by atomic mass is 9.97. The average Bonchev–Trinajstić information content (AvgIpc) is 2.65. The predicted molar refractivity (Wildman–Crippen MR) is 105 cm³/mol. The maximum atomic E-state index is 12.2. The molecule has 0 aliphatic carbocycles. The zero-order valence-electron chi connectivity index (χ0n) is 15.5. The lowest BCUT2D eigenvalue weighted by Crippen LogP contribution is -2.33. The molecule has 0 heterocycles. The first-order chi connectivity index (χ1) is 13.0. The van der Waals surface area contributed by atoms with Crippen LogP contribution in [0.25, 0.3) is 0 Å². The number of hydrogen-bond acceptors (Lipinski definition) is 4. The number of hydrogen-bond donors (Lipinski definition) is 1. The van der Waals surface area contributed by atoms with E-state index in [1.807, 2.05) is 30.3 Å². The van der Waals surface area contributed by atoms with E-state index in [1.54, 1.807) is 24.3 Å². The molecule has 0 aliphatic rings. The van der Waals surface area contributed by atoms with Crippen molar-refractivity contribution in [2.75, 3.05) is 13.2 Å². The highest BCUT2D eigenvalue weighted by molar-refractivity contribution is 6.32. The number of rotatable bonds is 9. The van der Waals surface area contributed by atoms with Crippen LogP contribution in [0.2, 0.25) is 5.02 Å². The minimum absolute atomic E-state index is 0.128. The van der Waals surface area contributed by atoms with Gasteiger partial charge in [0.25, 0.3) is 5.91 Å². The van der Waals surface area contributed by atoms with Crippen molar-refractivity contribution in [1.82, 2.24) is 5.32 Å². The van der Waals surface area contributed by atoms with Gasteiger partial charge in [-0.3, -0.25) is 4.79 Å². The molecule has 1 N–H and O–H groups in total. The third kappa shape index (κ3) is 7.31. The number of esters is 1. The zero-order chi connectivity index (χ0) is 19.6. The monoisotopic (exact) mass is 389 g/mol. The fourth-order valence-electron chi connectivity index (χ4n) is 2.56. The van der Waals surface area contributed by atoms with E-state index in [9.17, 15) is 9.59 Å². The van der Waals surface area contributed by atoms with Gasteiger partial charge in [-0.25, -0.2) is 4.79 Å². The van der Waals surface area contributed by atoms with Crippen LogP contribution in [0.5, 0.6) is 5.75 Å². The number of carbonyl (C=O) groups excluding carboxylic acids is 2. The Morgan fingerprint density at radius 1 is 1.00 bits per heavy atom. The largest absolute Gasteiger partial charge is 0.480 e. The Morgan fingerprint density at radius 3 is 2.33 bits per heavy atom. The predicted octanol–water partition coefficient (Wildman–Crippen LogP) is 4.17. The number of nitrogens with one attached hydrogen (secondary N) is 1. The Kier molecular flexibility index (Phi) is 8.14. The molecule has 6 heteroatoms. The molecule has 0 fully saturated rings. The molecule has 27 heavy (non-hydrogen) atoms. The van der Waals surface area contributed by atoms with Gasteiger partial charge in [0.15, 0.2) is 13.2 Å².